The number of aryl methyl sites for hydroxylation is 1. The normalized spacial score (nSPS) is 14.7. The summed E-state index contributed by atoms with van der Waals surface area (Å²) in [5.74, 6) is -0.815. The first-order chi connectivity index (χ1) is 7.48. The zero-order valence-electron chi connectivity index (χ0n) is 9.40. The molecule has 6 heteroatoms. The average Bonchev–Trinajstić information content (AvgIpc) is 2.63. The van der Waals surface area contributed by atoms with Crippen LogP contribution in [0.1, 0.15) is 19.8 Å². The predicted molar refractivity (Wildman–Crippen MR) is 69.3 cm³/mol. The van der Waals surface area contributed by atoms with E-state index >= 15 is 0 Å². The predicted octanol–water partition coefficient (Wildman–Crippen LogP) is 1.33. The number of nitrogens with one attached hydrogen (secondary N) is 1. The molecule has 0 aliphatic heterocycles. The van der Waals surface area contributed by atoms with Gasteiger partial charge in [0, 0.05) is 12.7 Å². The summed E-state index contributed by atoms with van der Waals surface area (Å²) in [6.07, 6.45) is 5.09. The van der Waals surface area contributed by atoms with Crippen LogP contribution in [0.2, 0.25) is 0 Å². The summed E-state index contributed by atoms with van der Waals surface area (Å²) >= 11 is 2.20. The fourth-order valence-corrected chi connectivity index (χ4v) is 1.84. The highest BCUT2D eigenvalue weighted by molar-refractivity contribution is 14.1. The van der Waals surface area contributed by atoms with Crippen molar-refractivity contribution in [2.75, 3.05) is 7.05 Å². The number of nitrogens with zero attached hydrogens (tertiary/aromatic N) is 2. The zero-order valence-corrected chi connectivity index (χ0v) is 11.6. The van der Waals surface area contributed by atoms with E-state index in [1.807, 2.05) is 10.9 Å². The fourth-order valence-electron chi connectivity index (χ4n) is 1.39. The summed E-state index contributed by atoms with van der Waals surface area (Å²) in [5.41, 5.74) is -0.847. The van der Waals surface area contributed by atoms with Crippen molar-refractivity contribution in [1.82, 2.24) is 15.1 Å². The SMILES string of the molecule is CNC(C)(CCCn1cc(I)cn1)C(=O)O. The molecule has 0 spiro atoms. The molecule has 0 radical (unpaired) electrons. The first-order valence-electron chi connectivity index (χ1n) is 5.08. The van der Waals surface area contributed by atoms with Gasteiger partial charge in [-0.3, -0.25) is 9.48 Å². The van der Waals surface area contributed by atoms with Crippen LogP contribution < -0.4 is 5.32 Å². The van der Waals surface area contributed by atoms with Crippen LogP contribution in [0.4, 0.5) is 0 Å². The smallest absolute Gasteiger partial charge is 0.323 e. The number of aromatic nitrogens is 2. The van der Waals surface area contributed by atoms with Gasteiger partial charge in [-0.15, -0.1) is 0 Å². The molecule has 0 saturated heterocycles. The lowest BCUT2D eigenvalue weighted by Crippen LogP contribution is -2.47. The molecular formula is C10H16IN3O2. The van der Waals surface area contributed by atoms with Crippen molar-refractivity contribution in [1.29, 1.82) is 0 Å². The van der Waals surface area contributed by atoms with Crippen LogP contribution in [0.15, 0.2) is 12.4 Å². The first kappa shape index (κ1) is 13.4. The van der Waals surface area contributed by atoms with E-state index in [4.69, 9.17) is 5.11 Å². The van der Waals surface area contributed by atoms with Crippen LogP contribution >= 0.6 is 22.6 Å². The molecule has 0 bridgehead atoms. The average molecular weight is 337 g/mol. The third kappa shape index (κ3) is 3.44. The Balaban J connectivity index is 2.43. The number of halogens is 1. The Morgan fingerprint density at radius 1 is 1.75 bits per heavy atom. The van der Waals surface area contributed by atoms with Gasteiger partial charge < -0.3 is 10.4 Å². The van der Waals surface area contributed by atoms with Gasteiger partial charge in [-0.25, -0.2) is 0 Å². The second-order valence-electron chi connectivity index (χ2n) is 3.91. The van der Waals surface area contributed by atoms with Gasteiger partial charge in [-0.2, -0.15) is 5.10 Å². The van der Waals surface area contributed by atoms with Crippen LogP contribution in [0.25, 0.3) is 0 Å². The number of carboxylic acids is 1. The minimum atomic E-state index is -0.847. The Morgan fingerprint density at radius 2 is 2.44 bits per heavy atom. The van der Waals surface area contributed by atoms with Crippen LogP contribution in [-0.4, -0.2) is 33.4 Å². The second kappa shape index (κ2) is 5.62. The van der Waals surface area contributed by atoms with E-state index < -0.39 is 11.5 Å². The van der Waals surface area contributed by atoms with Crippen molar-refractivity contribution in [3.8, 4) is 0 Å². The van der Waals surface area contributed by atoms with Gasteiger partial charge in [0.15, 0.2) is 0 Å². The molecule has 0 aliphatic carbocycles. The number of hydrogen-bond donors (Lipinski definition) is 2. The van der Waals surface area contributed by atoms with E-state index in [1.54, 1.807) is 20.2 Å². The number of hydrogen-bond acceptors (Lipinski definition) is 3. The molecule has 0 aliphatic rings. The number of carbonyl (C=O) groups is 1. The lowest BCUT2D eigenvalue weighted by atomic mass is 9.96. The Morgan fingerprint density at radius 3 is 2.88 bits per heavy atom. The van der Waals surface area contributed by atoms with Crippen molar-refractivity contribution in [3.05, 3.63) is 16.0 Å². The van der Waals surface area contributed by atoms with Gasteiger partial charge in [-0.1, -0.05) is 0 Å². The van der Waals surface area contributed by atoms with Gasteiger partial charge in [-0.05, 0) is 49.4 Å². The van der Waals surface area contributed by atoms with Crippen LogP contribution in [0.3, 0.4) is 0 Å². The molecule has 1 heterocycles. The highest BCUT2D eigenvalue weighted by Gasteiger charge is 2.30. The first-order valence-corrected chi connectivity index (χ1v) is 6.16. The Hall–Kier alpha value is -0.630. The molecular weight excluding hydrogens is 321 g/mol. The van der Waals surface area contributed by atoms with E-state index in [9.17, 15) is 4.79 Å². The lowest BCUT2D eigenvalue weighted by Gasteiger charge is -2.23. The number of likely N-dealkylation sites (N-methyl/N-ethyl adjacent to an activating group) is 1. The third-order valence-electron chi connectivity index (χ3n) is 2.69. The maximum atomic E-state index is 11.0. The summed E-state index contributed by atoms with van der Waals surface area (Å²) in [4.78, 5) is 11.0. The maximum absolute atomic E-state index is 11.0. The summed E-state index contributed by atoms with van der Waals surface area (Å²) in [7, 11) is 1.67. The molecule has 1 unspecified atom stereocenters. The Labute approximate surface area is 108 Å². The molecule has 1 atom stereocenters. The number of aliphatic carboxylic acids is 1. The molecule has 0 saturated carbocycles. The van der Waals surface area contributed by atoms with Crippen LogP contribution in [-0.2, 0) is 11.3 Å². The molecule has 0 fully saturated rings. The third-order valence-corrected chi connectivity index (χ3v) is 3.25. The van der Waals surface area contributed by atoms with Crippen molar-refractivity contribution in [2.24, 2.45) is 0 Å². The quantitative estimate of drug-likeness (QED) is 0.769. The number of carboxylic acid groups (broad SMARTS) is 1. The van der Waals surface area contributed by atoms with Gasteiger partial charge in [0.1, 0.15) is 5.54 Å². The van der Waals surface area contributed by atoms with Crippen molar-refractivity contribution in [2.45, 2.75) is 31.8 Å². The van der Waals surface area contributed by atoms with Crippen molar-refractivity contribution in [3.63, 3.8) is 0 Å². The van der Waals surface area contributed by atoms with Crippen LogP contribution in [0.5, 0.6) is 0 Å². The molecule has 0 amide bonds. The minimum absolute atomic E-state index is 0.579. The van der Waals surface area contributed by atoms with E-state index in [0.717, 1.165) is 16.5 Å². The fraction of sp³-hybridized carbons (Fsp3) is 0.600. The Kier molecular flexibility index (Phi) is 4.72. The van der Waals surface area contributed by atoms with Crippen molar-refractivity contribution >= 4 is 28.6 Å². The van der Waals surface area contributed by atoms with Gasteiger partial charge in [0.05, 0.1) is 9.77 Å². The summed E-state index contributed by atoms with van der Waals surface area (Å²) in [6.45, 7) is 2.44. The van der Waals surface area contributed by atoms with E-state index in [2.05, 4.69) is 33.0 Å². The molecule has 5 nitrogen and oxygen atoms in total. The summed E-state index contributed by atoms with van der Waals surface area (Å²) in [6, 6.07) is 0. The molecule has 1 aromatic rings. The largest absolute Gasteiger partial charge is 0.480 e. The molecule has 16 heavy (non-hydrogen) atoms. The molecule has 1 rings (SSSR count). The standard InChI is InChI=1S/C10H16IN3O2/c1-10(12-2,9(15)16)4-3-5-14-7-8(11)6-13-14/h6-7,12H,3-5H2,1-2H3,(H,15,16). The van der Waals surface area contributed by atoms with Gasteiger partial charge in [0.2, 0.25) is 0 Å². The van der Waals surface area contributed by atoms with E-state index in [0.29, 0.717) is 6.42 Å². The van der Waals surface area contributed by atoms with Crippen molar-refractivity contribution < 1.29 is 9.90 Å². The van der Waals surface area contributed by atoms with Gasteiger partial charge in [0.25, 0.3) is 0 Å². The second-order valence-corrected chi connectivity index (χ2v) is 5.16. The summed E-state index contributed by atoms with van der Waals surface area (Å²) in [5, 5.41) is 16.0. The monoisotopic (exact) mass is 337 g/mol. The van der Waals surface area contributed by atoms with Gasteiger partial charge >= 0.3 is 5.97 Å². The molecule has 90 valence electrons. The topological polar surface area (TPSA) is 67.2 Å². The Bertz CT molecular complexity index is 367. The molecule has 2 N–H and O–H groups in total. The summed E-state index contributed by atoms with van der Waals surface area (Å²) < 4.78 is 2.92. The lowest BCUT2D eigenvalue weighted by molar-refractivity contribution is -0.144. The number of rotatable bonds is 6. The zero-order chi connectivity index (χ0) is 12.2. The van der Waals surface area contributed by atoms with Crippen LogP contribution in [0, 0.1) is 3.57 Å². The molecule has 0 aromatic carbocycles. The molecule has 1 aromatic heterocycles. The van der Waals surface area contributed by atoms with E-state index in [1.165, 1.54) is 0 Å². The minimum Gasteiger partial charge on any atom is -0.480 e. The maximum Gasteiger partial charge on any atom is 0.323 e. The highest BCUT2D eigenvalue weighted by Crippen LogP contribution is 2.13. The highest BCUT2D eigenvalue weighted by atomic mass is 127. The van der Waals surface area contributed by atoms with E-state index in [-0.39, 0.29) is 0 Å².